The Bertz CT molecular complexity index is 461. The molecular formula is C15H22CoO5. The van der Waals surface area contributed by atoms with Gasteiger partial charge < -0.3 is 0 Å². The van der Waals surface area contributed by atoms with Crippen LogP contribution in [0.1, 0.15) is 36.0 Å². The van der Waals surface area contributed by atoms with E-state index in [4.69, 9.17) is 14.9 Å². The molecule has 5 nitrogen and oxygen atoms in total. The topological polar surface area (TPSA) is 83.8 Å². The third kappa shape index (κ3) is 6.95. The van der Waals surface area contributed by atoms with E-state index in [-0.39, 0.29) is 19.8 Å². The summed E-state index contributed by atoms with van der Waals surface area (Å²) in [6, 6.07) is 6.66. The number of hydrogen-bond donors (Lipinski definition) is 2. The van der Waals surface area contributed by atoms with Crippen LogP contribution in [0.15, 0.2) is 24.3 Å². The van der Waals surface area contributed by atoms with Crippen LogP contribution in [0.4, 0.5) is 0 Å². The molecule has 0 aromatic heterocycles. The van der Waals surface area contributed by atoms with Gasteiger partial charge in [-0.05, 0) is 0 Å². The number of benzene rings is 1. The number of unbranched alkanes of at least 4 members (excludes halogenated alkanes) is 2. The van der Waals surface area contributed by atoms with Gasteiger partial charge in [0.25, 0.3) is 0 Å². The zero-order valence-electron chi connectivity index (χ0n) is 11.9. The first-order chi connectivity index (χ1) is 10.2. The molecule has 1 rings (SSSR count). The van der Waals surface area contributed by atoms with Crippen molar-refractivity contribution in [2.45, 2.75) is 31.0 Å². The van der Waals surface area contributed by atoms with Crippen molar-refractivity contribution in [3.05, 3.63) is 29.8 Å². The van der Waals surface area contributed by atoms with Crippen molar-refractivity contribution in [2.75, 3.05) is 19.8 Å². The van der Waals surface area contributed by atoms with E-state index in [0.29, 0.717) is 41.1 Å². The summed E-state index contributed by atoms with van der Waals surface area (Å²) in [5, 5.41) is 17.9. The molecule has 6 heteroatoms. The first-order valence-corrected chi connectivity index (χ1v) is 8.62. The Balaban J connectivity index is 2.54. The molecule has 0 saturated carbocycles. The standard InChI is InChI=1S/C11H13O3.C4H9O.Co.O/c12-8-4-5-9-14-11(13)10-6-2-1-3-7-10;1-2-3-4-5;;/h1-2,6-7,12H,4-5,8-9H2;5H,1-4H2;;. The van der Waals surface area contributed by atoms with Crippen molar-refractivity contribution in [2.24, 2.45) is 0 Å². The molecule has 0 spiro atoms. The van der Waals surface area contributed by atoms with Crippen molar-refractivity contribution < 1.29 is 37.2 Å². The molecule has 121 valence electrons. The van der Waals surface area contributed by atoms with Gasteiger partial charge in [-0.1, -0.05) is 0 Å². The van der Waals surface area contributed by atoms with Crippen molar-refractivity contribution in [1.82, 2.24) is 0 Å². The van der Waals surface area contributed by atoms with Crippen LogP contribution in [0.5, 0.6) is 0 Å². The van der Waals surface area contributed by atoms with Crippen LogP contribution in [0, 0.1) is 0 Å². The van der Waals surface area contributed by atoms with E-state index in [0.717, 1.165) is 0 Å². The average molecular weight is 341 g/mol. The van der Waals surface area contributed by atoms with Gasteiger partial charge in [0.05, 0.1) is 0 Å². The van der Waals surface area contributed by atoms with Crippen LogP contribution < -0.4 is 4.50 Å². The number of hydrogen-bond acceptors (Lipinski definition) is 5. The molecule has 0 unspecified atom stereocenters. The van der Waals surface area contributed by atoms with Gasteiger partial charge in [-0.2, -0.15) is 0 Å². The average Bonchev–Trinajstić information content (AvgIpc) is 2.51. The first-order valence-electron chi connectivity index (χ1n) is 6.94. The molecule has 0 atom stereocenters. The van der Waals surface area contributed by atoms with Gasteiger partial charge in [-0.3, -0.25) is 0 Å². The number of esters is 1. The minimum atomic E-state index is -1.53. The van der Waals surface area contributed by atoms with Gasteiger partial charge in [-0.15, -0.1) is 0 Å². The van der Waals surface area contributed by atoms with Gasteiger partial charge in [0.15, 0.2) is 0 Å². The molecule has 1 aromatic carbocycles. The molecule has 0 heterocycles. The number of ether oxygens (including phenoxy) is 1. The number of carbonyl (C=O) groups is 1. The van der Waals surface area contributed by atoms with E-state index in [9.17, 15) is 8.66 Å². The Morgan fingerprint density at radius 1 is 1.10 bits per heavy atom. The summed E-state index contributed by atoms with van der Waals surface area (Å²) in [5.41, 5.74) is 0.390. The molecule has 0 bridgehead atoms. The van der Waals surface area contributed by atoms with Crippen LogP contribution in [-0.4, -0.2) is 36.0 Å². The molecule has 0 fully saturated rings. The molecule has 0 radical (unpaired) electrons. The second-order valence-corrected chi connectivity index (χ2v) is 6.43. The van der Waals surface area contributed by atoms with Gasteiger partial charge in [0.1, 0.15) is 0 Å². The predicted molar refractivity (Wildman–Crippen MR) is 74.5 cm³/mol. The summed E-state index contributed by atoms with van der Waals surface area (Å²) in [4.78, 5) is 11.8. The van der Waals surface area contributed by atoms with Gasteiger partial charge >= 0.3 is 128 Å². The van der Waals surface area contributed by atoms with Gasteiger partial charge in [0, 0.05) is 0 Å². The number of rotatable bonds is 10. The van der Waals surface area contributed by atoms with Crippen molar-refractivity contribution in [1.29, 1.82) is 0 Å². The van der Waals surface area contributed by atoms with Crippen molar-refractivity contribution >= 4 is 10.5 Å². The molecule has 0 aliphatic carbocycles. The van der Waals surface area contributed by atoms with E-state index in [1.165, 1.54) is 0 Å². The summed E-state index contributed by atoms with van der Waals surface area (Å²) in [7, 11) is 0. The molecule has 0 aliphatic heterocycles. The Hall–Kier alpha value is -1.08. The second kappa shape index (κ2) is 10.6. The van der Waals surface area contributed by atoms with Crippen LogP contribution in [0.25, 0.3) is 0 Å². The number of aliphatic hydroxyl groups is 2. The quantitative estimate of drug-likeness (QED) is 0.496. The van der Waals surface area contributed by atoms with E-state index in [2.05, 4.69) is 0 Å². The van der Waals surface area contributed by atoms with Gasteiger partial charge in [-0.25, -0.2) is 0 Å². The minimum absolute atomic E-state index is 0.0846. The number of carbonyl (C=O) groups excluding carboxylic acids is 1. The van der Waals surface area contributed by atoms with E-state index < -0.39 is 19.6 Å². The van der Waals surface area contributed by atoms with Crippen molar-refractivity contribution in [3.8, 4) is 0 Å². The third-order valence-corrected chi connectivity index (χ3v) is 4.56. The molecule has 1 aromatic rings. The Morgan fingerprint density at radius 2 is 1.81 bits per heavy atom. The fraction of sp³-hybridized carbons (Fsp3) is 0.533. The fourth-order valence-electron chi connectivity index (χ4n) is 1.58. The zero-order valence-corrected chi connectivity index (χ0v) is 13.0. The summed E-state index contributed by atoms with van der Waals surface area (Å²) in [6.07, 6.45) is 2.55. The maximum absolute atomic E-state index is 12.1. The SMILES string of the molecule is O=C(OCCCCO)c1ccc[c]([Co](=[O])[CH2]CCCO)c1. The molecule has 0 aliphatic rings. The van der Waals surface area contributed by atoms with Gasteiger partial charge in [0.2, 0.25) is 0 Å². The van der Waals surface area contributed by atoms with Crippen LogP contribution in [0.2, 0.25) is 5.36 Å². The molecular weight excluding hydrogens is 319 g/mol. The number of aliphatic hydroxyl groups excluding tert-OH is 2. The third-order valence-electron chi connectivity index (χ3n) is 2.72. The summed E-state index contributed by atoms with van der Waals surface area (Å²) >= 11 is -1.53. The Kier molecular flexibility index (Phi) is 9.08. The Labute approximate surface area is 128 Å². The van der Waals surface area contributed by atoms with Crippen LogP contribution in [0.3, 0.4) is 0 Å². The van der Waals surface area contributed by atoms with Crippen LogP contribution in [-0.2, 0) is 22.2 Å². The fourth-order valence-corrected chi connectivity index (χ4v) is 3.10. The monoisotopic (exact) mass is 341 g/mol. The molecule has 0 saturated heterocycles. The van der Waals surface area contributed by atoms with Crippen molar-refractivity contribution in [3.63, 3.8) is 0 Å². The van der Waals surface area contributed by atoms with Crippen LogP contribution >= 0.6 is 0 Å². The Morgan fingerprint density at radius 3 is 2.52 bits per heavy atom. The van der Waals surface area contributed by atoms with E-state index in [1.807, 2.05) is 0 Å². The van der Waals surface area contributed by atoms with E-state index >= 15 is 0 Å². The van der Waals surface area contributed by atoms with E-state index in [1.54, 1.807) is 24.3 Å². The molecule has 0 amide bonds. The maximum atomic E-state index is 12.1. The zero-order chi connectivity index (χ0) is 15.5. The second-order valence-electron chi connectivity index (χ2n) is 4.43. The molecule has 21 heavy (non-hydrogen) atoms. The first kappa shape index (κ1) is 18.0. The molecule has 2 N–H and O–H groups in total. The summed E-state index contributed by atoms with van der Waals surface area (Å²) in [5.74, 6) is -0.437. The normalized spacial score (nSPS) is 11.2. The predicted octanol–water partition coefficient (Wildman–Crippen LogP) is 1.40. The summed E-state index contributed by atoms with van der Waals surface area (Å²) in [6.45, 7) is 0.455. The summed E-state index contributed by atoms with van der Waals surface area (Å²) < 4.78 is 17.8.